The molecule has 0 aliphatic heterocycles. The highest BCUT2D eigenvalue weighted by atomic mass is 16.4. The van der Waals surface area contributed by atoms with Gasteiger partial charge in [0.25, 0.3) is 5.89 Å². The number of furan rings is 1. The number of rotatable bonds is 4. The second kappa shape index (κ2) is 4.01. The molecule has 1 N–H and O–H groups in total. The average Bonchev–Trinajstić information content (AvgIpc) is 2.94. The van der Waals surface area contributed by atoms with E-state index >= 15 is 0 Å². The molecule has 0 spiro atoms. The maximum Gasteiger partial charge on any atom is 0.373 e. The summed E-state index contributed by atoms with van der Waals surface area (Å²) < 4.78 is 10.8. The smallest absolute Gasteiger partial charge is 0.373 e. The fourth-order valence-corrected chi connectivity index (χ4v) is 1.91. The van der Waals surface area contributed by atoms with Gasteiger partial charge in [-0.2, -0.15) is 0 Å². The number of hydrogen-bond donors (Lipinski definition) is 1. The van der Waals surface area contributed by atoms with E-state index in [9.17, 15) is 4.79 Å². The zero-order chi connectivity index (χ0) is 12.7. The topological polar surface area (TPSA) is 76.5 Å². The standard InChI is InChI=1S/C13H13NO4/c1-2-8-5-6-9(17-8)12-14-10(7-3-4-7)11(18-12)13(15)16/h5-7H,2-4H2,1H3,(H,15,16). The monoisotopic (exact) mass is 247 g/mol. The van der Waals surface area contributed by atoms with E-state index in [1.165, 1.54) is 0 Å². The van der Waals surface area contributed by atoms with Crippen LogP contribution in [0, 0.1) is 0 Å². The molecule has 2 aromatic heterocycles. The first-order chi connectivity index (χ1) is 8.69. The zero-order valence-corrected chi connectivity index (χ0v) is 9.97. The molecule has 1 saturated carbocycles. The molecule has 0 bridgehead atoms. The first-order valence-corrected chi connectivity index (χ1v) is 6.02. The van der Waals surface area contributed by atoms with E-state index in [-0.39, 0.29) is 17.6 Å². The van der Waals surface area contributed by atoms with Gasteiger partial charge in [0.05, 0.1) is 5.69 Å². The van der Waals surface area contributed by atoms with Crippen LogP contribution in [-0.2, 0) is 6.42 Å². The number of aromatic nitrogens is 1. The second-order valence-corrected chi connectivity index (χ2v) is 4.43. The summed E-state index contributed by atoms with van der Waals surface area (Å²) in [5.41, 5.74) is 0.548. The minimum absolute atomic E-state index is 0.0538. The molecule has 2 heterocycles. The zero-order valence-electron chi connectivity index (χ0n) is 9.97. The Morgan fingerprint density at radius 3 is 2.78 bits per heavy atom. The van der Waals surface area contributed by atoms with E-state index in [1.807, 2.05) is 13.0 Å². The van der Waals surface area contributed by atoms with Crippen LogP contribution in [0.25, 0.3) is 11.7 Å². The lowest BCUT2D eigenvalue weighted by Crippen LogP contribution is -1.98. The van der Waals surface area contributed by atoms with Crippen LogP contribution in [0.1, 0.15) is 47.7 Å². The quantitative estimate of drug-likeness (QED) is 0.898. The number of carboxylic acids is 1. The van der Waals surface area contributed by atoms with Gasteiger partial charge in [0, 0.05) is 12.3 Å². The summed E-state index contributed by atoms with van der Waals surface area (Å²) >= 11 is 0. The molecule has 94 valence electrons. The van der Waals surface area contributed by atoms with Gasteiger partial charge in [0.1, 0.15) is 5.76 Å². The third kappa shape index (κ3) is 1.81. The Balaban J connectivity index is 2.01. The molecule has 2 aromatic rings. The van der Waals surface area contributed by atoms with Crippen LogP contribution in [0.3, 0.4) is 0 Å². The summed E-state index contributed by atoms with van der Waals surface area (Å²) in [7, 11) is 0. The maximum absolute atomic E-state index is 11.1. The van der Waals surface area contributed by atoms with Crippen LogP contribution in [0.2, 0.25) is 0 Å². The largest absolute Gasteiger partial charge is 0.475 e. The van der Waals surface area contributed by atoms with Gasteiger partial charge >= 0.3 is 5.97 Å². The Morgan fingerprint density at radius 1 is 1.44 bits per heavy atom. The predicted octanol–water partition coefficient (Wildman–Crippen LogP) is 3.07. The summed E-state index contributed by atoms with van der Waals surface area (Å²) in [6.45, 7) is 1.98. The van der Waals surface area contributed by atoms with Crippen LogP contribution < -0.4 is 0 Å². The molecule has 0 amide bonds. The van der Waals surface area contributed by atoms with Crippen LogP contribution in [-0.4, -0.2) is 16.1 Å². The third-order valence-electron chi connectivity index (χ3n) is 3.03. The SMILES string of the molecule is CCc1ccc(-c2nc(C3CC3)c(C(=O)O)o2)o1. The number of aromatic carboxylic acids is 1. The Bertz CT molecular complexity index is 592. The van der Waals surface area contributed by atoms with Gasteiger partial charge in [-0.3, -0.25) is 0 Å². The van der Waals surface area contributed by atoms with Gasteiger partial charge in [0.2, 0.25) is 5.76 Å². The molecular weight excluding hydrogens is 234 g/mol. The lowest BCUT2D eigenvalue weighted by atomic mass is 10.2. The van der Waals surface area contributed by atoms with Crippen LogP contribution >= 0.6 is 0 Å². The van der Waals surface area contributed by atoms with Crippen molar-refractivity contribution in [2.24, 2.45) is 0 Å². The van der Waals surface area contributed by atoms with Crippen molar-refractivity contribution >= 4 is 5.97 Å². The van der Waals surface area contributed by atoms with Crippen molar-refractivity contribution < 1.29 is 18.7 Å². The molecule has 1 fully saturated rings. The Morgan fingerprint density at radius 2 is 2.22 bits per heavy atom. The third-order valence-corrected chi connectivity index (χ3v) is 3.03. The average molecular weight is 247 g/mol. The number of carboxylic acid groups (broad SMARTS) is 1. The maximum atomic E-state index is 11.1. The number of carbonyl (C=O) groups is 1. The van der Waals surface area contributed by atoms with Crippen molar-refractivity contribution in [2.75, 3.05) is 0 Å². The normalized spacial score (nSPS) is 14.9. The molecule has 1 aliphatic carbocycles. The highest BCUT2D eigenvalue weighted by molar-refractivity contribution is 5.86. The first kappa shape index (κ1) is 11.1. The summed E-state index contributed by atoms with van der Waals surface area (Å²) in [6.07, 6.45) is 2.73. The molecule has 0 radical (unpaired) electrons. The molecule has 0 aromatic carbocycles. The summed E-state index contributed by atoms with van der Waals surface area (Å²) in [6, 6.07) is 3.60. The van der Waals surface area contributed by atoms with Gasteiger partial charge in [-0.1, -0.05) is 6.92 Å². The van der Waals surface area contributed by atoms with E-state index in [0.717, 1.165) is 25.0 Å². The van der Waals surface area contributed by atoms with Crippen molar-refractivity contribution in [3.05, 3.63) is 29.3 Å². The molecule has 5 nitrogen and oxygen atoms in total. The molecule has 1 aliphatic rings. The summed E-state index contributed by atoms with van der Waals surface area (Å²) in [5.74, 6) is 0.678. The van der Waals surface area contributed by atoms with Crippen LogP contribution in [0.5, 0.6) is 0 Å². The van der Waals surface area contributed by atoms with Crippen molar-refractivity contribution in [1.29, 1.82) is 0 Å². The van der Waals surface area contributed by atoms with Gasteiger partial charge in [0.15, 0.2) is 5.76 Å². The van der Waals surface area contributed by atoms with Gasteiger partial charge < -0.3 is 13.9 Å². The van der Waals surface area contributed by atoms with Crippen molar-refractivity contribution in [3.8, 4) is 11.7 Å². The van der Waals surface area contributed by atoms with E-state index in [4.69, 9.17) is 13.9 Å². The number of aryl methyl sites for hydroxylation is 1. The predicted molar refractivity (Wildman–Crippen MR) is 62.5 cm³/mol. The Labute approximate surface area is 103 Å². The molecule has 0 unspecified atom stereocenters. The number of oxazole rings is 1. The van der Waals surface area contributed by atoms with Crippen LogP contribution in [0.15, 0.2) is 21.0 Å². The van der Waals surface area contributed by atoms with Crippen molar-refractivity contribution in [2.45, 2.75) is 32.1 Å². The first-order valence-electron chi connectivity index (χ1n) is 6.02. The fraction of sp³-hybridized carbons (Fsp3) is 0.385. The van der Waals surface area contributed by atoms with E-state index in [1.54, 1.807) is 6.07 Å². The van der Waals surface area contributed by atoms with Crippen molar-refractivity contribution in [3.63, 3.8) is 0 Å². The van der Waals surface area contributed by atoms with E-state index in [2.05, 4.69) is 4.98 Å². The highest BCUT2D eigenvalue weighted by Gasteiger charge is 2.34. The second-order valence-electron chi connectivity index (χ2n) is 4.43. The van der Waals surface area contributed by atoms with Gasteiger partial charge in [-0.15, -0.1) is 0 Å². The molecular formula is C13H13NO4. The highest BCUT2D eigenvalue weighted by Crippen LogP contribution is 2.42. The minimum atomic E-state index is -1.07. The summed E-state index contributed by atoms with van der Waals surface area (Å²) in [5, 5.41) is 9.09. The summed E-state index contributed by atoms with van der Waals surface area (Å²) in [4.78, 5) is 15.4. The Kier molecular flexibility index (Phi) is 2.47. The molecule has 18 heavy (non-hydrogen) atoms. The van der Waals surface area contributed by atoms with Gasteiger partial charge in [-0.05, 0) is 25.0 Å². The fourth-order valence-electron chi connectivity index (χ4n) is 1.91. The Hall–Kier alpha value is -2.04. The van der Waals surface area contributed by atoms with Crippen LogP contribution in [0.4, 0.5) is 0 Å². The number of nitrogens with zero attached hydrogens (tertiary/aromatic N) is 1. The van der Waals surface area contributed by atoms with E-state index in [0.29, 0.717) is 11.5 Å². The van der Waals surface area contributed by atoms with E-state index < -0.39 is 5.97 Å². The lowest BCUT2D eigenvalue weighted by Gasteiger charge is -1.89. The lowest BCUT2D eigenvalue weighted by molar-refractivity contribution is 0.0661. The van der Waals surface area contributed by atoms with Crippen molar-refractivity contribution in [1.82, 2.24) is 4.98 Å². The molecule has 3 rings (SSSR count). The molecule has 0 atom stereocenters. The molecule has 5 heteroatoms. The van der Waals surface area contributed by atoms with Gasteiger partial charge in [-0.25, -0.2) is 9.78 Å². The molecule has 0 saturated heterocycles. The number of hydrogen-bond acceptors (Lipinski definition) is 4. The minimum Gasteiger partial charge on any atom is -0.475 e.